The first-order valence-corrected chi connectivity index (χ1v) is 4.75. The average molecular weight is 174 g/mol. The third-order valence-corrected chi connectivity index (χ3v) is 1.39. The van der Waals surface area contributed by atoms with Gasteiger partial charge in [-0.05, 0) is 6.42 Å². The van der Waals surface area contributed by atoms with Gasteiger partial charge >= 0.3 is 7.60 Å². The van der Waals surface area contributed by atoms with Crippen LogP contribution >= 0.6 is 7.60 Å². The molecular formula is C7H11O3P. The maximum absolute atomic E-state index is 10.2. The second kappa shape index (κ2) is 5.08. The van der Waals surface area contributed by atoms with Crippen molar-refractivity contribution in [3.05, 3.63) is 36.7 Å². The molecular weight excluding hydrogens is 163 g/mol. The molecule has 0 aromatic rings. The van der Waals surface area contributed by atoms with E-state index in [2.05, 4.69) is 6.58 Å². The third kappa shape index (κ3) is 9.37. The summed E-state index contributed by atoms with van der Waals surface area (Å²) in [6, 6.07) is 0. The maximum Gasteiger partial charge on any atom is 0.349 e. The van der Waals surface area contributed by atoms with E-state index in [4.69, 9.17) is 9.79 Å². The first-order valence-electron chi connectivity index (χ1n) is 3.07. The summed E-state index contributed by atoms with van der Waals surface area (Å²) in [7, 11) is -3.97. The molecule has 3 nitrogen and oxygen atoms in total. The van der Waals surface area contributed by atoms with Crippen LogP contribution in [0.3, 0.4) is 0 Å². The SMILES string of the molecule is C=CCC=CC=CP(=O)(O)O. The lowest BCUT2D eigenvalue weighted by atomic mass is 10.4. The molecule has 0 fully saturated rings. The first kappa shape index (κ1) is 10.4. The van der Waals surface area contributed by atoms with Gasteiger partial charge in [-0.3, -0.25) is 4.57 Å². The van der Waals surface area contributed by atoms with Crippen LogP contribution in [0.2, 0.25) is 0 Å². The number of hydrogen-bond donors (Lipinski definition) is 2. The highest BCUT2D eigenvalue weighted by Crippen LogP contribution is 2.35. The summed E-state index contributed by atoms with van der Waals surface area (Å²) in [6.45, 7) is 3.48. The van der Waals surface area contributed by atoms with Crippen LogP contribution in [0, 0.1) is 0 Å². The summed E-state index contributed by atoms with van der Waals surface area (Å²) in [5.41, 5.74) is 0. The predicted octanol–water partition coefficient (Wildman–Crippen LogP) is 1.81. The highest BCUT2D eigenvalue weighted by Gasteiger charge is 2.03. The zero-order valence-electron chi connectivity index (χ0n) is 6.05. The molecule has 0 aliphatic rings. The first-order chi connectivity index (χ1) is 5.06. The summed E-state index contributed by atoms with van der Waals surface area (Å²) in [6.07, 6.45) is 7.04. The molecule has 11 heavy (non-hydrogen) atoms. The Kier molecular flexibility index (Phi) is 4.79. The van der Waals surface area contributed by atoms with Crippen molar-refractivity contribution in [3.63, 3.8) is 0 Å². The fraction of sp³-hybridized carbons (Fsp3) is 0.143. The molecule has 0 aromatic carbocycles. The van der Waals surface area contributed by atoms with Crippen molar-refractivity contribution in [2.24, 2.45) is 0 Å². The van der Waals surface area contributed by atoms with Gasteiger partial charge < -0.3 is 9.79 Å². The molecule has 0 amide bonds. The molecule has 0 aliphatic carbocycles. The van der Waals surface area contributed by atoms with Gasteiger partial charge in [0.25, 0.3) is 0 Å². The fourth-order valence-corrected chi connectivity index (χ4v) is 0.739. The average Bonchev–Trinajstić information content (AvgIpc) is 1.85. The second-order valence-electron chi connectivity index (χ2n) is 1.88. The summed E-state index contributed by atoms with van der Waals surface area (Å²) >= 11 is 0. The lowest BCUT2D eigenvalue weighted by Crippen LogP contribution is -1.66. The molecule has 0 atom stereocenters. The highest BCUT2D eigenvalue weighted by atomic mass is 31.2. The molecule has 0 unspecified atom stereocenters. The van der Waals surface area contributed by atoms with Gasteiger partial charge in [0, 0.05) is 5.82 Å². The second-order valence-corrected chi connectivity index (χ2v) is 3.36. The van der Waals surface area contributed by atoms with Crippen LogP contribution in [0.5, 0.6) is 0 Å². The molecule has 0 aliphatic heterocycles. The lowest BCUT2D eigenvalue weighted by molar-refractivity contribution is 0.386. The van der Waals surface area contributed by atoms with Crippen molar-refractivity contribution in [1.29, 1.82) is 0 Å². The van der Waals surface area contributed by atoms with Crippen molar-refractivity contribution < 1.29 is 14.4 Å². The lowest BCUT2D eigenvalue weighted by Gasteiger charge is -1.90. The monoisotopic (exact) mass is 174 g/mol. The highest BCUT2D eigenvalue weighted by molar-refractivity contribution is 7.55. The third-order valence-electron chi connectivity index (χ3n) is 0.830. The summed E-state index contributed by atoms with van der Waals surface area (Å²) in [5.74, 6) is 0.854. The number of allylic oxidation sites excluding steroid dienone is 4. The van der Waals surface area contributed by atoms with E-state index in [-0.39, 0.29) is 0 Å². The molecule has 2 N–H and O–H groups in total. The van der Waals surface area contributed by atoms with Crippen LogP contribution in [-0.4, -0.2) is 9.79 Å². The van der Waals surface area contributed by atoms with E-state index in [0.717, 1.165) is 5.82 Å². The molecule has 0 saturated heterocycles. The molecule has 62 valence electrons. The van der Waals surface area contributed by atoms with Crippen molar-refractivity contribution in [2.75, 3.05) is 0 Å². The Morgan fingerprint density at radius 3 is 2.45 bits per heavy atom. The van der Waals surface area contributed by atoms with Crippen LogP contribution in [0.1, 0.15) is 6.42 Å². The summed E-state index contributed by atoms with van der Waals surface area (Å²) in [4.78, 5) is 16.7. The van der Waals surface area contributed by atoms with Gasteiger partial charge in [0.05, 0.1) is 0 Å². The largest absolute Gasteiger partial charge is 0.349 e. The van der Waals surface area contributed by atoms with Crippen LogP contribution in [0.4, 0.5) is 0 Å². The van der Waals surface area contributed by atoms with Crippen molar-refractivity contribution in [3.8, 4) is 0 Å². The van der Waals surface area contributed by atoms with E-state index in [1.54, 1.807) is 18.2 Å². The molecule has 0 aromatic heterocycles. The Labute approximate surface area is 65.9 Å². The van der Waals surface area contributed by atoms with Crippen LogP contribution in [0.25, 0.3) is 0 Å². The Morgan fingerprint density at radius 2 is 2.00 bits per heavy atom. The van der Waals surface area contributed by atoms with E-state index in [0.29, 0.717) is 6.42 Å². The smallest absolute Gasteiger partial charge is 0.321 e. The Hall–Kier alpha value is -0.630. The molecule has 4 heteroatoms. The normalized spacial score (nSPS) is 12.9. The van der Waals surface area contributed by atoms with Crippen molar-refractivity contribution in [2.45, 2.75) is 6.42 Å². The van der Waals surface area contributed by atoms with Gasteiger partial charge in [-0.25, -0.2) is 0 Å². The summed E-state index contributed by atoms with van der Waals surface area (Å²) in [5, 5.41) is 0. The zero-order chi connectivity index (χ0) is 8.74. The molecule has 0 heterocycles. The molecule has 0 rings (SSSR count). The molecule has 0 spiro atoms. The van der Waals surface area contributed by atoms with Gasteiger partial charge in [0.15, 0.2) is 0 Å². The Bertz CT molecular complexity index is 212. The van der Waals surface area contributed by atoms with E-state index in [9.17, 15) is 4.57 Å². The topological polar surface area (TPSA) is 57.5 Å². The van der Waals surface area contributed by atoms with E-state index in [1.807, 2.05) is 0 Å². The molecule has 0 saturated carbocycles. The van der Waals surface area contributed by atoms with Gasteiger partial charge in [0.2, 0.25) is 0 Å². The van der Waals surface area contributed by atoms with Crippen molar-refractivity contribution >= 4 is 7.60 Å². The van der Waals surface area contributed by atoms with Crippen molar-refractivity contribution in [1.82, 2.24) is 0 Å². The van der Waals surface area contributed by atoms with Gasteiger partial charge in [0.1, 0.15) is 0 Å². The van der Waals surface area contributed by atoms with Gasteiger partial charge in [-0.15, -0.1) is 6.58 Å². The number of rotatable bonds is 4. The minimum atomic E-state index is -3.97. The van der Waals surface area contributed by atoms with E-state index in [1.165, 1.54) is 6.08 Å². The van der Waals surface area contributed by atoms with E-state index < -0.39 is 7.60 Å². The van der Waals surface area contributed by atoms with Gasteiger partial charge in [-0.1, -0.05) is 24.3 Å². The molecule has 0 bridgehead atoms. The van der Waals surface area contributed by atoms with Crippen LogP contribution in [-0.2, 0) is 4.57 Å². The predicted molar refractivity (Wildman–Crippen MR) is 45.1 cm³/mol. The minimum Gasteiger partial charge on any atom is -0.321 e. The Balaban J connectivity index is 3.78. The minimum absolute atomic E-state index is 0.700. The maximum atomic E-state index is 10.2. The summed E-state index contributed by atoms with van der Waals surface area (Å²) < 4.78 is 10.2. The fourth-order valence-electron chi connectivity index (χ4n) is 0.415. The van der Waals surface area contributed by atoms with Gasteiger partial charge in [-0.2, -0.15) is 0 Å². The number of hydrogen-bond acceptors (Lipinski definition) is 1. The standard InChI is InChI=1S/C7H11O3P/c1-2-3-4-5-6-7-11(8,9)10/h2,4-7H,1,3H2,(H2,8,9,10). The Morgan fingerprint density at radius 1 is 1.36 bits per heavy atom. The van der Waals surface area contributed by atoms with E-state index >= 15 is 0 Å². The zero-order valence-corrected chi connectivity index (χ0v) is 6.95. The quantitative estimate of drug-likeness (QED) is 0.388. The van der Waals surface area contributed by atoms with Crippen LogP contribution in [0.15, 0.2) is 36.7 Å². The molecule has 0 radical (unpaired) electrons. The van der Waals surface area contributed by atoms with Crippen LogP contribution < -0.4 is 0 Å².